The number of phenolic OH excluding ortho intramolecular Hbond substituents is 2. The number of methoxy groups -OCH3 is 1. The molecular weight excluding hydrogens is 909 g/mol. The van der Waals surface area contributed by atoms with Crippen LogP contribution in [0.3, 0.4) is 0 Å². The van der Waals surface area contributed by atoms with Crippen LogP contribution in [0.2, 0.25) is 0 Å². The van der Waals surface area contributed by atoms with Crippen LogP contribution < -0.4 is 14.8 Å². The van der Waals surface area contributed by atoms with Gasteiger partial charge in [-0.1, -0.05) is 69.2 Å². The van der Waals surface area contributed by atoms with Crippen LogP contribution in [0, 0.1) is 0 Å². The Kier molecular flexibility index (Phi) is 15.2. The SMILES string of the molecule is CCCCCCCCCCn1nncc1COc1ccc(-c2nnc(C(=O)N[C@H]3C[C@H](O[C@H]4C[C@](O)(C(=O)CO)Cc5c(O)c6c(c(O)c54)C(=O)c4c(OC)cccc4C6=O)O[C@@H](C)[C@H]3O)nn2)cc1. The second kappa shape index (κ2) is 21.5. The number of Topliss-reactive ketones (excluding diaryl/α,β-unsaturated/α-hetero) is 1. The standard InChI is InChI=1S/C49H56N8O13/c1-4-5-6-7-8-9-10-11-19-57-28(23-50-56-57)25-68-29-17-15-27(16-18-29)46-52-54-47(55-53-46)48(65)51-32-20-36(69-26(2)41(32)60)70-34-22-49(66,35(59)24-58)21-31-38(34)45(64)40-39(43(31)62)42(61)30-13-12-14-33(67-3)37(30)44(40)63/h12-18,23,26,32,34,36,41,58,60,62,64,66H,4-11,19-22,24-25H2,1-3H3,(H,51,65)/t26-,32-,34-,36-,41+,49-/m0/s1. The molecule has 0 radical (unpaired) electrons. The van der Waals surface area contributed by atoms with Crippen molar-refractivity contribution in [2.75, 3.05) is 13.7 Å². The van der Waals surface area contributed by atoms with E-state index < -0.39 is 107 Å². The molecule has 3 aromatic carbocycles. The van der Waals surface area contributed by atoms with E-state index in [1.807, 2.05) is 4.68 Å². The van der Waals surface area contributed by atoms with E-state index in [4.69, 9.17) is 18.9 Å². The van der Waals surface area contributed by atoms with Gasteiger partial charge in [-0.2, -0.15) is 0 Å². The Labute approximate surface area is 402 Å². The topological polar surface area (TPSA) is 301 Å². The van der Waals surface area contributed by atoms with Crippen molar-refractivity contribution in [1.29, 1.82) is 0 Å². The van der Waals surface area contributed by atoms with Crippen LogP contribution in [0.1, 0.15) is 143 Å². The summed E-state index contributed by atoms with van der Waals surface area (Å²) in [4.78, 5) is 54.4. The molecule has 0 unspecified atom stereocenters. The number of aliphatic hydroxyl groups is 3. The number of hydrogen-bond acceptors (Lipinski definition) is 19. The van der Waals surface area contributed by atoms with Gasteiger partial charge in [0, 0.05) is 48.1 Å². The third kappa shape index (κ3) is 10.1. The van der Waals surface area contributed by atoms with Crippen molar-refractivity contribution in [3.05, 3.63) is 93.6 Å². The summed E-state index contributed by atoms with van der Waals surface area (Å²) in [6, 6.07) is 10.1. The molecule has 70 heavy (non-hydrogen) atoms. The van der Waals surface area contributed by atoms with Gasteiger partial charge in [0.25, 0.3) is 11.7 Å². The number of rotatable bonds is 20. The summed E-state index contributed by atoms with van der Waals surface area (Å²) in [5, 5.41) is 83.2. The van der Waals surface area contributed by atoms with Crippen LogP contribution in [-0.4, -0.2) is 128 Å². The number of carbonyl (C=O) groups excluding carboxylic acids is 4. The van der Waals surface area contributed by atoms with Gasteiger partial charge in [-0.15, -0.1) is 25.5 Å². The first-order valence-corrected chi connectivity index (χ1v) is 23.5. The van der Waals surface area contributed by atoms with Crippen LogP contribution in [0.5, 0.6) is 23.0 Å². The van der Waals surface area contributed by atoms with E-state index in [2.05, 4.69) is 42.9 Å². The first kappa shape index (κ1) is 49.6. The number of nitrogens with zero attached hydrogens (tertiary/aromatic N) is 7. The zero-order valence-electron chi connectivity index (χ0n) is 39.0. The summed E-state index contributed by atoms with van der Waals surface area (Å²) in [6.45, 7) is 3.67. The van der Waals surface area contributed by atoms with Crippen molar-refractivity contribution in [1.82, 2.24) is 40.7 Å². The first-order chi connectivity index (χ1) is 33.8. The average molecular weight is 965 g/mol. The molecule has 2 aliphatic carbocycles. The van der Waals surface area contributed by atoms with E-state index in [0.29, 0.717) is 11.3 Å². The predicted molar refractivity (Wildman–Crippen MR) is 245 cm³/mol. The van der Waals surface area contributed by atoms with Crippen molar-refractivity contribution in [3.63, 3.8) is 0 Å². The largest absolute Gasteiger partial charge is 0.507 e. The van der Waals surface area contributed by atoms with Gasteiger partial charge in [0.2, 0.25) is 11.6 Å². The number of hydrogen-bond donors (Lipinski definition) is 6. The molecular formula is C49H56N8O13. The lowest BCUT2D eigenvalue weighted by Crippen LogP contribution is -2.56. The lowest BCUT2D eigenvalue weighted by atomic mass is 9.72. The van der Waals surface area contributed by atoms with Gasteiger partial charge in [0.1, 0.15) is 47.9 Å². The summed E-state index contributed by atoms with van der Waals surface area (Å²) >= 11 is 0. The van der Waals surface area contributed by atoms with E-state index in [1.165, 1.54) is 70.8 Å². The Morgan fingerprint density at radius 1 is 0.914 bits per heavy atom. The molecule has 0 saturated carbocycles. The maximum Gasteiger partial charge on any atom is 0.293 e. The number of aryl methyl sites for hydroxylation is 1. The number of ketones is 3. The minimum absolute atomic E-state index is 0.0485. The fourth-order valence-electron chi connectivity index (χ4n) is 9.36. The molecule has 1 fully saturated rings. The third-order valence-corrected chi connectivity index (χ3v) is 13.2. The molecule has 6 N–H and O–H groups in total. The smallest absolute Gasteiger partial charge is 0.293 e. The highest BCUT2D eigenvalue weighted by Crippen LogP contribution is 2.52. The van der Waals surface area contributed by atoms with E-state index in [0.717, 1.165) is 25.1 Å². The number of amides is 1. The maximum absolute atomic E-state index is 14.0. The lowest BCUT2D eigenvalue weighted by molar-refractivity contribution is -0.249. The Hall–Kier alpha value is -6.78. The van der Waals surface area contributed by atoms with Crippen LogP contribution in [-0.2, 0) is 33.8 Å². The summed E-state index contributed by atoms with van der Waals surface area (Å²) in [7, 11) is 1.30. The van der Waals surface area contributed by atoms with Crippen molar-refractivity contribution in [2.45, 2.75) is 134 Å². The molecule has 3 heterocycles. The number of nitrogens with one attached hydrogen (secondary N) is 1. The molecule has 6 atom stereocenters. The van der Waals surface area contributed by atoms with Crippen LogP contribution in [0.15, 0.2) is 48.7 Å². The van der Waals surface area contributed by atoms with Crippen LogP contribution in [0.25, 0.3) is 11.4 Å². The quantitative estimate of drug-likeness (QED) is 0.0465. The summed E-state index contributed by atoms with van der Waals surface area (Å²) in [6.07, 6.45) is 4.77. The molecule has 1 aliphatic heterocycles. The van der Waals surface area contributed by atoms with Gasteiger partial charge in [-0.3, -0.25) is 19.2 Å². The molecule has 21 heteroatoms. The van der Waals surface area contributed by atoms with E-state index in [-0.39, 0.29) is 46.9 Å². The summed E-state index contributed by atoms with van der Waals surface area (Å²) in [5.41, 5.74) is -2.80. The molecule has 2 aromatic heterocycles. The van der Waals surface area contributed by atoms with Gasteiger partial charge in [-0.05, 0) is 43.7 Å². The number of fused-ring (bicyclic) bond motifs is 3. The van der Waals surface area contributed by atoms with Crippen molar-refractivity contribution >= 4 is 23.3 Å². The molecule has 0 bridgehead atoms. The number of aromatic hydroxyl groups is 2. The summed E-state index contributed by atoms with van der Waals surface area (Å²) < 4.78 is 25.4. The maximum atomic E-state index is 14.0. The number of carbonyl (C=O) groups is 4. The van der Waals surface area contributed by atoms with Gasteiger partial charge < -0.3 is 49.8 Å². The van der Waals surface area contributed by atoms with E-state index >= 15 is 0 Å². The zero-order valence-corrected chi connectivity index (χ0v) is 39.0. The second-order valence-electron chi connectivity index (χ2n) is 17.9. The minimum atomic E-state index is -2.38. The average Bonchev–Trinajstić information content (AvgIpc) is 3.82. The number of aromatic nitrogens is 7. The monoisotopic (exact) mass is 964 g/mol. The highest BCUT2D eigenvalue weighted by Gasteiger charge is 2.50. The number of phenols is 2. The molecule has 3 aliphatic rings. The third-order valence-electron chi connectivity index (χ3n) is 13.2. The number of benzene rings is 3. The molecule has 1 saturated heterocycles. The molecule has 8 rings (SSSR count). The van der Waals surface area contributed by atoms with Crippen LogP contribution in [0.4, 0.5) is 0 Å². The Morgan fingerprint density at radius 3 is 2.31 bits per heavy atom. The van der Waals surface area contributed by atoms with Crippen molar-refractivity contribution in [3.8, 4) is 34.4 Å². The highest BCUT2D eigenvalue weighted by molar-refractivity contribution is 6.31. The Balaban J connectivity index is 0.921. The lowest BCUT2D eigenvalue weighted by Gasteiger charge is -2.42. The number of aliphatic hydroxyl groups excluding tert-OH is 2. The molecule has 370 valence electrons. The van der Waals surface area contributed by atoms with E-state index in [1.54, 1.807) is 30.5 Å². The predicted octanol–water partition coefficient (Wildman–Crippen LogP) is 4.03. The second-order valence-corrected chi connectivity index (χ2v) is 17.9. The molecule has 1 amide bonds. The molecule has 0 spiro atoms. The van der Waals surface area contributed by atoms with Gasteiger partial charge in [0.15, 0.2) is 17.9 Å². The van der Waals surface area contributed by atoms with E-state index in [9.17, 15) is 44.7 Å². The van der Waals surface area contributed by atoms with Crippen LogP contribution >= 0.6 is 0 Å². The molecule has 5 aromatic rings. The van der Waals surface area contributed by atoms with Crippen molar-refractivity contribution in [2.24, 2.45) is 0 Å². The van der Waals surface area contributed by atoms with Crippen molar-refractivity contribution < 1.29 is 63.7 Å². The van der Waals surface area contributed by atoms with Gasteiger partial charge >= 0.3 is 0 Å². The highest BCUT2D eigenvalue weighted by atomic mass is 16.7. The summed E-state index contributed by atoms with van der Waals surface area (Å²) in [5.74, 6) is -4.73. The molecule has 21 nitrogen and oxygen atoms in total. The fraction of sp³-hybridized carbons (Fsp3) is 0.469. The van der Waals surface area contributed by atoms with Gasteiger partial charge in [-0.25, -0.2) is 4.68 Å². The zero-order chi connectivity index (χ0) is 49.7. The fourth-order valence-corrected chi connectivity index (χ4v) is 9.36. The Morgan fingerprint density at radius 2 is 1.61 bits per heavy atom. The number of ether oxygens (including phenoxy) is 4. The normalized spacial score (nSPS) is 21.7. The number of unbranched alkanes of at least 4 members (excludes halogenated alkanes) is 7. The minimum Gasteiger partial charge on any atom is -0.507 e. The Bertz CT molecular complexity index is 2730. The van der Waals surface area contributed by atoms with Gasteiger partial charge in [0.05, 0.1) is 53.9 Å². The first-order valence-electron chi connectivity index (χ1n) is 23.5.